The van der Waals surface area contributed by atoms with Gasteiger partial charge in [0.2, 0.25) is 5.91 Å². The smallest absolute Gasteiger partial charge is 0.248 e. The van der Waals surface area contributed by atoms with Gasteiger partial charge in [-0.15, -0.1) is 0 Å². The molecule has 5 nitrogen and oxygen atoms in total. The number of anilines is 1. The van der Waals surface area contributed by atoms with E-state index in [1.165, 1.54) is 20.3 Å². The Kier molecular flexibility index (Phi) is 6.71. The first-order chi connectivity index (χ1) is 12.1. The minimum Gasteiger partial charge on any atom is -0.494 e. The Balaban J connectivity index is 2.06. The summed E-state index contributed by atoms with van der Waals surface area (Å²) in [6.45, 7) is 2.52. The second-order valence-corrected chi connectivity index (χ2v) is 5.43. The zero-order valence-corrected chi connectivity index (χ0v) is 15.1. The molecule has 2 aromatic rings. The molecule has 1 N–H and O–H groups in total. The Bertz CT molecular complexity index is 757. The summed E-state index contributed by atoms with van der Waals surface area (Å²) in [5.74, 6) is 1.47. The fourth-order valence-electron chi connectivity index (χ4n) is 2.19. The van der Waals surface area contributed by atoms with Crippen LogP contribution in [0.5, 0.6) is 17.2 Å². The van der Waals surface area contributed by atoms with E-state index in [1.807, 2.05) is 6.92 Å². The van der Waals surface area contributed by atoms with Gasteiger partial charge in [-0.2, -0.15) is 0 Å². The van der Waals surface area contributed by atoms with E-state index in [9.17, 15) is 4.79 Å². The van der Waals surface area contributed by atoms with Crippen molar-refractivity contribution in [2.45, 2.75) is 6.92 Å². The Morgan fingerprint density at radius 1 is 1.16 bits per heavy atom. The second-order valence-electron chi connectivity index (χ2n) is 5.02. The average Bonchev–Trinajstić information content (AvgIpc) is 2.61. The van der Waals surface area contributed by atoms with Crippen LogP contribution in [0.1, 0.15) is 12.5 Å². The van der Waals surface area contributed by atoms with E-state index in [1.54, 1.807) is 42.5 Å². The molecule has 0 unspecified atom stereocenters. The van der Waals surface area contributed by atoms with Gasteiger partial charge in [0, 0.05) is 11.8 Å². The molecular weight excluding hydrogens is 342 g/mol. The monoisotopic (exact) mass is 361 g/mol. The van der Waals surface area contributed by atoms with E-state index >= 15 is 0 Å². The van der Waals surface area contributed by atoms with Crippen molar-refractivity contribution >= 4 is 29.3 Å². The number of rotatable bonds is 7. The van der Waals surface area contributed by atoms with Gasteiger partial charge in [-0.1, -0.05) is 11.6 Å². The predicted octanol–water partition coefficient (Wildman–Crippen LogP) is 4.41. The van der Waals surface area contributed by atoms with E-state index in [0.717, 1.165) is 11.3 Å². The molecule has 0 aliphatic carbocycles. The van der Waals surface area contributed by atoms with Gasteiger partial charge in [-0.3, -0.25) is 4.79 Å². The third-order valence-corrected chi connectivity index (χ3v) is 3.60. The van der Waals surface area contributed by atoms with E-state index in [4.69, 9.17) is 25.8 Å². The van der Waals surface area contributed by atoms with Gasteiger partial charge in [-0.25, -0.2) is 0 Å². The highest BCUT2D eigenvalue weighted by Crippen LogP contribution is 2.36. The molecule has 0 fully saturated rings. The van der Waals surface area contributed by atoms with Crippen molar-refractivity contribution < 1.29 is 19.0 Å². The second kappa shape index (κ2) is 8.99. The Labute approximate surface area is 152 Å². The molecule has 2 rings (SSSR count). The first kappa shape index (κ1) is 18.7. The summed E-state index contributed by atoms with van der Waals surface area (Å²) < 4.78 is 15.8. The maximum atomic E-state index is 12.0. The number of hydrogen-bond donors (Lipinski definition) is 1. The molecule has 6 heteroatoms. The zero-order valence-electron chi connectivity index (χ0n) is 14.3. The van der Waals surface area contributed by atoms with Gasteiger partial charge in [0.15, 0.2) is 11.5 Å². The molecule has 2 aromatic carbocycles. The molecule has 0 radical (unpaired) electrons. The topological polar surface area (TPSA) is 56.8 Å². The van der Waals surface area contributed by atoms with Crippen molar-refractivity contribution in [3.8, 4) is 17.2 Å². The molecule has 0 spiro atoms. The lowest BCUT2D eigenvalue weighted by atomic mass is 10.2. The minimum absolute atomic E-state index is 0.255. The molecule has 0 heterocycles. The first-order valence-electron chi connectivity index (χ1n) is 7.70. The normalized spacial score (nSPS) is 10.6. The van der Waals surface area contributed by atoms with E-state index in [2.05, 4.69) is 5.32 Å². The zero-order chi connectivity index (χ0) is 18.2. The van der Waals surface area contributed by atoms with Gasteiger partial charge in [0.1, 0.15) is 5.75 Å². The van der Waals surface area contributed by atoms with Gasteiger partial charge in [-0.05, 0) is 55.0 Å². The molecular formula is C19H20ClNO4. The number of halogens is 1. The van der Waals surface area contributed by atoms with Crippen LogP contribution in [-0.4, -0.2) is 26.7 Å². The number of ether oxygens (including phenoxy) is 3. The van der Waals surface area contributed by atoms with Crippen LogP contribution in [0, 0.1) is 0 Å². The van der Waals surface area contributed by atoms with Crippen LogP contribution in [0.25, 0.3) is 6.08 Å². The van der Waals surface area contributed by atoms with Crippen molar-refractivity contribution in [3.05, 3.63) is 53.1 Å². The third kappa shape index (κ3) is 5.16. The van der Waals surface area contributed by atoms with Crippen LogP contribution in [0.4, 0.5) is 5.69 Å². The summed E-state index contributed by atoms with van der Waals surface area (Å²) in [7, 11) is 3.05. The number of methoxy groups -OCH3 is 2. The molecule has 132 valence electrons. The standard InChI is InChI=1S/C19H20ClNO4/c1-4-25-15-8-6-14(7-9-15)21-18(22)10-5-13-11-16(20)19(24-3)17(12-13)23-2/h5-12H,4H2,1-3H3,(H,21,22)/b10-5+. The van der Waals surface area contributed by atoms with Gasteiger partial charge < -0.3 is 19.5 Å². The van der Waals surface area contributed by atoms with Crippen LogP contribution in [0.2, 0.25) is 5.02 Å². The first-order valence-corrected chi connectivity index (χ1v) is 8.08. The summed E-state index contributed by atoms with van der Waals surface area (Å²) >= 11 is 6.15. The Hall–Kier alpha value is -2.66. The summed E-state index contributed by atoms with van der Waals surface area (Å²) in [5.41, 5.74) is 1.41. The number of carbonyl (C=O) groups is 1. The lowest BCUT2D eigenvalue weighted by Crippen LogP contribution is -2.07. The number of amides is 1. The van der Waals surface area contributed by atoms with Crippen molar-refractivity contribution in [3.63, 3.8) is 0 Å². The van der Waals surface area contributed by atoms with Crippen LogP contribution in [0.15, 0.2) is 42.5 Å². The summed E-state index contributed by atoms with van der Waals surface area (Å²) in [6.07, 6.45) is 3.08. The van der Waals surface area contributed by atoms with E-state index in [-0.39, 0.29) is 5.91 Å². The highest BCUT2D eigenvalue weighted by molar-refractivity contribution is 6.32. The van der Waals surface area contributed by atoms with E-state index < -0.39 is 0 Å². The number of nitrogens with one attached hydrogen (secondary N) is 1. The molecule has 0 saturated carbocycles. The van der Waals surface area contributed by atoms with Crippen molar-refractivity contribution in [2.75, 3.05) is 26.1 Å². The maximum absolute atomic E-state index is 12.0. The molecule has 0 saturated heterocycles. The molecule has 0 aliphatic rings. The summed E-state index contributed by atoms with van der Waals surface area (Å²) in [4.78, 5) is 12.0. The molecule has 0 atom stereocenters. The van der Waals surface area contributed by atoms with Crippen LogP contribution in [-0.2, 0) is 4.79 Å². The van der Waals surface area contributed by atoms with E-state index in [0.29, 0.717) is 28.8 Å². The third-order valence-electron chi connectivity index (χ3n) is 3.32. The number of benzene rings is 2. The van der Waals surface area contributed by atoms with Crippen LogP contribution >= 0.6 is 11.6 Å². The van der Waals surface area contributed by atoms with Crippen molar-refractivity contribution in [2.24, 2.45) is 0 Å². The SMILES string of the molecule is CCOc1ccc(NC(=O)/C=C/c2cc(Cl)c(OC)c(OC)c2)cc1. The Morgan fingerprint density at radius 2 is 1.88 bits per heavy atom. The van der Waals surface area contributed by atoms with Gasteiger partial charge >= 0.3 is 0 Å². The highest BCUT2D eigenvalue weighted by atomic mass is 35.5. The Morgan fingerprint density at radius 3 is 2.48 bits per heavy atom. The fraction of sp³-hybridized carbons (Fsp3) is 0.211. The predicted molar refractivity (Wildman–Crippen MR) is 99.8 cm³/mol. The molecule has 0 bridgehead atoms. The quantitative estimate of drug-likeness (QED) is 0.742. The van der Waals surface area contributed by atoms with Crippen molar-refractivity contribution in [1.29, 1.82) is 0 Å². The maximum Gasteiger partial charge on any atom is 0.248 e. The largest absolute Gasteiger partial charge is 0.494 e. The highest BCUT2D eigenvalue weighted by Gasteiger charge is 2.09. The summed E-state index contributed by atoms with van der Waals surface area (Å²) in [6, 6.07) is 10.6. The molecule has 0 aromatic heterocycles. The van der Waals surface area contributed by atoms with Gasteiger partial charge in [0.05, 0.1) is 25.8 Å². The summed E-state index contributed by atoms with van der Waals surface area (Å²) in [5, 5.41) is 3.19. The number of hydrogen-bond acceptors (Lipinski definition) is 4. The lowest BCUT2D eigenvalue weighted by molar-refractivity contribution is -0.111. The van der Waals surface area contributed by atoms with Gasteiger partial charge in [0.25, 0.3) is 0 Å². The van der Waals surface area contributed by atoms with Crippen LogP contribution in [0.3, 0.4) is 0 Å². The van der Waals surface area contributed by atoms with Crippen LogP contribution < -0.4 is 19.5 Å². The number of carbonyl (C=O) groups excluding carboxylic acids is 1. The van der Waals surface area contributed by atoms with Crippen molar-refractivity contribution in [1.82, 2.24) is 0 Å². The molecule has 25 heavy (non-hydrogen) atoms. The lowest BCUT2D eigenvalue weighted by Gasteiger charge is -2.10. The minimum atomic E-state index is -0.255. The molecule has 1 amide bonds. The fourth-order valence-corrected chi connectivity index (χ4v) is 2.49. The average molecular weight is 362 g/mol. The molecule has 0 aliphatic heterocycles.